The van der Waals surface area contributed by atoms with E-state index in [0.717, 1.165) is 16.1 Å². The van der Waals surface area contributed by atoms with Crippen LogP contribution in [0.5, 0.6) is 5.75 Å². The molecule has 0 aliphatic heterocycles. The maximum absolute atomic E-state index is 12.2. The summed E-state index contributed by atoms with van der Waals surface area (Å²) in [5.74, 6) is -0.0183. The van der Waals surface area contributed by atoms with E-state index in [9.17, 15) is 9.90 Å². The monoisotopic (exact) mass is 302 g/mol. The molecule has 21 heavy (non-hydrogen) atoms. The molecule has 1 atom stereocenters. The molecular formula is C16H18N2O2S. The number of para-hydroxylation sites is 1. The topological polar surface area (TPSA) is 75.4 Å². The minimum Gasteiger partial charge on any atom is -0.508 e. The van der Waals surface area contributed by atoms with E-state index < -0.39 is 6.04 Å². The number of amides is 1. The highest BCUT2D eigenvalue weighted by Gasteiger charge is 2.15. The second-order valence-corrected chi connectivity index (χ2v) is 5.51. The maximum atomic E-state index is 12.2. The smallest absolute Gasteiger partial charge is 0.241 e. The fourth-order valence-electron chi connectivity index (χ4n) is 1.95. The Morgan fingerprint density at radius 3 is 2.57 bits per heavy atom. The normalized spacial score (nSPS) is 11.9. The number of benzene rings is 2. The van der Waals surface area contributed by atoms with Gasteiger partial charge in [-0.05, 0) is 42.5 Å². The highest BCUT2D eigenvalue weighted by Crippen LogP contribution is 2.24. The number of aromatic hydroxyl groups is 1. The summed E-state index contributed by atoms with van der Waals surface area (Å²) in [5, 5.41) is 12.1. The van der Waals surface area contributed by atoms with Crippen molar-refractivity contribution < 1.29 is 9.90 Å². The van der Waals surface area contributed by atoms with Crippen LogP contribution in [0.15, 0.2) is 53.4 Å². The molecule has 0 heterocycles. The van der Waals surface area contributed by atoms with Crippen LogP contribution in [0, 0.1) is 0 Å². The number of rotatable bonds is 5. The Morgan fingerprint density at radius 1 is 1.24 bits per heavy atom. The number of carbonyl (C=O) groups excluding carboxylic acids is 1. The van der Waals surface area contributed by atoms with Crippen molar-refractivity contribution in [2.24, 2.45) is 5.73 Å². The Bertz CT molecular complexity index is 614. The molecule has 0 aromatic heterocycles. The van der Waals surface area contributed by atoms with Crippen LogP contribution in [0.25, 0.3) is 0 Å². The van der Waals surface area contributed by atoms with Gasteiger partial charge in [-0.3, -0.25) is 4.79 Å². The molecule has 0 radical (unpaired) electrons. The number of phenols is 1. The molecule has 2 rings (SSSR count). The van der Waals surface area contributed by atoms with Crippen LogP contribution in [-0.4, -0.2) is 23.3 Å². The molecule has 1 amide bonds. The van der Waals surface area contributed by atoms with Gasteiger partial charge in [0, 0.05) is 4.90 Å². The molecule has 0 saturated carbocycles. The Balaban J connectivity index is 2.01. The standard InChI is InChI=1S/C16H18N2O2S/c1-21-15-5-3-2-4-14(15)18-16(20)13(17)10-11-6-8-12(19)9-7-11/h2-9,13,19H,10,17H2,1H3,(H,18,20). The number of carbonyl (C=O) groups is 1. The lowest BCUT2D eigenvalue weighted by Gasteiger charge is -2.14. The highest BCUT2D eigenvalue weighted by atomic mass is 32.2. The minimum absolute atomic E-state index is 0.200. The molecule has 0 aliphatic carbocycles. The summed E-state index contributed by atoms with van der Waals surface area (Å²) in [6, 6.07) is 13.7. The zero-order valence-corrected chi connectivity index (χ0v) is 12.6. The van der Waals surface area contributed by atoms with Crippen molar-refractivity contribution in [1.82, 2.24) is 0 Å². The molecule has 0 fully saturated rings. The van der Waals surface area contributed by atoms with E-state index in [1.807, 2.05) is 30.5 Å². The summed E-state index contributed by atoms with van der Waals surface area (Å²) in [5.41, 5.74) is 7.63. The SMILES string of the molecule is CSc1ccccc1NC(=O)C(N)Cc1ccc(O)cc1. The Labute approximate surface area is 128 Å². The zero-order valence-electron chi connectivity index (χ0n) is 11.7. The molecular weight excluding hydrogens is 284 g/mol. The van der Waals surface area contributed by atoms with Gasteiger partial charge in [0.2, 0.25) is 5.91 Å². The first-order chi connectivity index (χ1) is 10.1. The molecule has 0 saturated heterocycles. The number of hydrogen-bond donors (Lipinski definition) is 3. The van der Waals surface area contributed by atoms with Gasteiger partial charge in [-0.2, -0.15) is 0 Å². The van der Waals surface area contributed by atoms with Crippen molar-refractivity contribution in [3.05, 3.63) is 54.1 Å². The average Bonchev–Trinajstić information content (AvgIpc) is 2.50. The Morgan fingerprint density at radius 2 is 1.90 bits per heavy atom. The summed E-state index contributed by atoms with van der Waals surface area (Å²) in [6.07, 6.45) is 2.38. The quantitative estimate of drug-likeness (QED) is 0.742. The van der Waals surface area contributed by atoms with Crippen molar-refractivity contribution in [3.8, 4) is 5.75 Å². The third kappa shape index (κ3) is 4.24. The third-order valence-electron chi connectivity index (χ3n) is 3.09. The predicted octanol–water partition coefficient (Wildman–Crippen LogP) is 2.62. The van der Waals surface area contributed by atoms with Gasteiger partial charge in [0.25, 0.3) is 0 Å². The second-order valence-electron chi connectivity index (χ2n) is 4.67. The van der Waals surface area contributed by atoms with Crippen LogP contribution < -0.4 is 11.1 Å². The van der Waals surface area contributed by atoms with Gasteiger partial charge < -0.3 is 16.2 Å². The molecule has 4 nitrogen and oxygen atoms in total. The Kier molecular flexibility index (Phi) is 5.25. The first kappa shape index (κ1) is 15.4. The lowest BCUT2D eigenvalue weighted by molar-refractivity contribution is -0.117. The number of nitrogens with two attached hydrogens (primary N) is 1. The summed E-state index contributed by atoms with van der Waals surface area (Å²) in [7, 11) is 0. The van der Waals surface area contributed by atoms with Crippen molar-refractivity contribution in [2.75, 3.05) is 11.6 Å². The molecule has 0 aliphatic rings. The number of hydrogen-bond acceptors (Lipinski definition) is 4. The van der Waals surface area contributed by atoms with Gasteiger partial charge in [-0.25, -0.2) is 0 Å². The van der Waals surface area contributed by atoms with Crippen LogP contribution >= 0.6 is 11.8 Å². The molecule has 110 valence electrons. The van der Waals surface area contributed by atoms with E-state index in [1.54, 1.807) is 36.0 Å². The van der Waals surface area contributed by atoms with Gasteiger partial charge in [-0.15, -0.1) is 11.8 Å². The van der Waals surface area contributed by atoms with Gasteiger partial charge in [0.1, 0.15) is 5.75 Å². The molecule has 0 bridgehead atoms. The maximum Gasteiger partial charge on any atom is 0.241 e. The van der Waals surface area contributed by atoms with E-state index in [2.05, 4.69) is 5.32 Å². The van der Waals surface area contributed by atoms with Crippen LogP contribution in [0.3, 0.4) is 0 Å². The van der Waals surface area contributed by atoms with Crippen LogP contribution in [0.4, 0.5) is 5.69 Å². The number of anilines is 1. The van der Waals surface area contributed by atoms with Crippen LogP contribution in [-0.2, 0) is 11.2 Å². The van der Waals surface area contributed by atoms with Gasteiger partial charge in [0.05, 0.1) is 11.7 Å². The number of nitrogens with one attached hydrogen (secondary N) is 1. The average molecular weight is 302 g/mol. The van der Waals surface area contributed by atoms with Crippen LogP contribution in [0.1, 0.15) is 5.56 Å². The fourth-order valence-corrected chi connectivity index (χ4v) is 2.51. The molecule has 4 N–H and O–H groups in total. The first-order valence-electron chi connectivity index (χ1n) is 6.57. The predicted molar refractivity (Wildman–Crippen MR) is 86.6 cm³/mol. The van der Waals surface area contributed by atoms with Gasteiger partial charge >= 0.3 is 0 Å². The van der Waals surface area contributed by atoms with Crippen LogP contribution in [0.2, 0.25) is 0 Å². The van der Waals surface area contributed by atoms with Gasteiger partial charge in [0.15, 0.2) is 0 Å². The van der Waals surface area contributed by atoms with E-state index in [-0.39, 0.29) is 11.7 Å². The van der Waals surface area contributed by atoms with Gasteiger partial charge in [-0.1, -0.05) is 24.3 Å². The second kappa shape index (κ2) is 7.15. The largest absolute Gasteiger partial charge is 0.508 e. The first-order valence-corrected chi connectivity index (χ1v) is 7.80. The third-order valence-corrected chi connectivity index (χ3v) is 3.89. The lowest BCUT2D eigenvalue weighted by Crippen LogP contribution is -2.37. The molecule has 5 heteroatoms. The fraction of sp³-hybridized carbons (Fsp3) is 0.188. The number of phenolic OH excluding ortho intramolecular Hbond substituents is 1. The molecule has 2 aromatic carbocycles. The Hall–Kier alpha value is -1.98. The van der Waals surface area contributed by atoms with Crippen molar-refractivity contribution in [1.29, 1.82) is 0 Å². The van der Waals surface area contributed by atoms with Crippen molar-refractivity contribution in [3.63, 3.8) is 0 Å². The lowest BCUT2D eigenvalue weighted by atomic mass is 10.1. The zero-order chi connectivity index (χ0) is 15.2. The molecule has 1 unspecified atom stereocenters. The summed E-state index contributed by atoms with van der Waals surface area (Å²) in [6.45, 7) is 0. The van der Waals surface area contributed by atoms with E-state index in [1.165, 1.54) is 0 Å². The summed E-state index contributed by atoms with van der Waals surface area (Å²) >= 11 is 1.57. The minimum atomic E-state index is -0.635. The number of thioether (sulfide) groups is 1. The van der Waals surface area contributed by atoms with E-state index in [4.69, 9.17) is 5.73 Å². The van der Waals surface area contributed by atoms with Crippen molar-refractivity contribution in [2.45, 2.75) is 17.4 Å². The highest BCUT2D eigenvalue weighted by molar-refractivity contribution is 7.98. The summed E-state index contributed by atoms with van der Waals surface area (Å²) in [4.78, 5) is 13.2. The molecule has 0 spiro atoms. The van der Waals surface area contributed by atoms with Crippen molar-refractivity contribution >= 4 is 23.4 Å². The van der Waals surface area contributed by atoms with E-state index >= 15 is 0 Å². The van der Waals surface area contributed by atoms with E-state index in [0.29, 0.717) is 6.42 Å². The molecule has 2 aromatic rings. The summed E-state index contributed by atoms with van der Waals surface area (Å²) < 4.78 is 0.